The van der Waals surface area contributed by atoms with Crippen molar-refractivity contribution in [2.75, 3.05) is 64.3 Å². The fourth-order valence-electron chi connectivity index (χ4n) is 4.03. The van der Waals surface area contributed by atoms with Crippen molar-refractivity contribution in [3.63, 3.8) is 0 Å². The Kier molecular flexibility index (Phi) is 9.45. The van der Waals surface area contributed by atoms with E-state index in [4.69, 9.17) is 11.6 Å². The second-order valence-electron chi connectivity index (χ2n) is 7.31. The number of anilines is 1. The normalized spacial score (nSPS) is 21.3. The molecule has 0 saturated carbocycles. The number of nitrogens with one attached hydrogen (secondary N) is 1. The molecule has 1 aromatic carbocycles. The number of nitrogens with zero attached hydrogens (tertiary/aromatic N) is 4. The van der Waals surface area contributed by atoms with E-state index in [0.29, 0.717) is 0 Å². The first-order valence-electron chi connectivity index (χ1n) is 9.88. The highest BCUT2D eigenvalue weighted by atomic mass is 127. The smallest absolute Gasteiger partial charge is 0.193 e. The van der Waals surface area contributed by atoms with Crippen LogP contribution in [0.4, 0.5) is 5.69 Å². The third kappa shape index (κ3) is 6.12. The van der Waals surface area contributed by atoms with Gasteiger partial charge in [-0.05, 0) is 44.0 Å². The van der Waals surface area contributed by atoms with Crippen molar-refractivity contribution in [1.82, 2.24) is 15.1 Å². The van der Waals surface area contributed by atoms with Gasteiger partial charge in [0.15, 0.2) is 5.96 Å². The molecule has 0 aliphatic carbocycles. The van der Waals surface area contributed by atoms with Crippen molar-refractivity contribution in [2.24, 2.45) is 10.9 Å². The van der Waals surface area contributed by atoms with Crippen LogP contribution in [0.15, 0.2) is 29.3 Å². The van der Waals surface area contributed by atoms with Gasteiger partial charge in [-0.15, -0.1) is 24.0 Å². The number of likely N-dealkylation sites (tertiary alicyclic amines) is 1. The molecule has 2 fully saturated rings. The molecule has 0 amide bonds. The molecular weight excluding hydrogens is 473 g/mol. The summed E-state index contributed by atoms with van der Waals surface area (Å²) in [6.45, 7) is 10.9. The molecular formula is C20H33ClIN5. The van der Waals surface area contributed by atoms with Crippen molar-refractivity contribution < 1.29 is 0 Å². The summed E-state index contributed by atoms with van der Waals surface area (Å²) >= 11 is 6.35. The van der Waals surface area contributed by atoms with E-state index in [2.05, 4.69) is 44.1 Å². The monoisotopic (exact) mass is 505 g/mol. The third-order valence-corrected chi connectivity index (χ3v) is 5.76. The predicted octanol–water partition coefficient (Wildman–Crippen LogP) is 3.39. The summed E-state index contributed by atoms with van der Waals surface area (Å²) in [6.07, 6.45) is 2.54. The molecule has 1 aromatic rings. The maximum absolute atomic E-state index is 6.35. The summed E-state index contributed by atoms with van der Waals surface area (Å²) in [5.41, 5.74) is 1.14. The number of rotatable bonds is 5. The molecule has 152 valence electrons. The molecule has 0 bridgehead atoms. The van der Waals surface area contributed by atoms with Gasteiger partial charge >= 0.3 is 0 Å². The van der Waals surface area contributed by atoms with Crippen molar-refractivity contribution in [1.29, 1.82) is 0 Å². The van der Waals surface area contributed by atoms with Gasteiger partial charge in [-0.2, -0.15) is 0 Å². The molecule has 2 aliphatic rings. The van der Waals surface area contributed by atoms with E-state index in [0.717, 1.165) is 55.3 Å². The summed E-state index contributed by atoms with van der Waals surface area (Å²) in [7, 11) is 1.89. The van der Waals surface area contributed by atoms with E-state index >= 15 is 0 Å². The Balaban J connectivity index is 0.00000261. The lowest BCUT2D eigenvalue weighted by molar-refractivity contribution is 0.322. The van der Waals surface area contributed by atoms with Crippen molar-refractivity contribution in [3.05, 3.63) is 29.3 Å². The maximum Gasteiger partial charge on any atom is 0.193 e. The minimum atomic E-state index is 0. The Labute approximate surface area is 186 Å². The molecule has 0 aromatic heterocycles. The van der Waals surface area contributed by atoms with Crippen LogP contribution < -0.4 is 10.2 Å². The van der Waals surface area contributed by atoms with Gasteiger partial charge in [0.1, 0.15) is 0 Å². The van der Waals surface area contributed by atoms with Crippen molar-refractivity contribution >= 4 is 47.2 Å². The third-order valence-electron chi connectivity index (χ3n) is 5.44. The Morgan fingerprint density at radius 3 is 2.59 bits per heavy atom. The highest BCUT2D eigenvalue weighted by molar-refractivity contribution is 14.0. The van der Waals surface area contributed by atoms with Gasteiger partial charge in [-0.3, -0.25) is 4.99 Å². The summed E-state index contributed by atoms with van der Waals surface area (Å²) in [5, 5.41) is 4.45. The molecule has 27 heavy (non-hydrogen) atoms. The fraction of sp³-hybridized carbons (Fsp3) is 0.650. The van der Waals surface area contributed by atoms with E-state index in [1.807, 2.05) is 19.2 Å². The zero-order valence-electron chi connectivity index (χ0n) is 16.5. The zero-order valence-corrected chi connectivity index (χ0v) is 19.6. The van der Waals surface area contributed by atoms with Crippen LogP contribution in [0.25, 0.3) is 0 Å². The number of aliphatic imine (C=N–C) groups is 1. The van der Waals surface area contributed by atoms with Gasteiger partial charge in [-0.25, -0.2) is 0 Å². The van der Waals surface area contributed by atoms with E-state index in [1.54, 1.807) is 0 Å². The van der Waals surface area contributed by atoms with E-state index < -0.39 is 0 Å². The Hall–Kier alpha value is -0.730. The van der Waals surface area contributed by atoms with Gasteiger partial charge in [0.05, 0.1) is 10.7 Å². The molecule has 1 unspecified atom stereocenters. The molecule has 2 aliphatic heterocycles. The maximum atomic E-state index is 6.35. The summed E-state index contributed by atoms with van der Waals surface area (Å²) < 4.78 is 0. The second kappa shape index (κ2) is 11.3. The molecule has 1 atom stereocenters. The molecule has 7 heteroatoms. The van der Waals surface area contributed by atoms with Gasteiger partial charge in [0.2, 0.25) is 0 Å². The van der Waals surface area contributed by atoms with Gasteiger partial charge in [0.25, 0.3) is 0 Å². The summed E-state index contributed by atoms with van der Waals surface area (Å²) in [5.74, 6) is 1.78. The largest absolute Gasteiger partial charge is 0.367 e. The minimum Gasteiger partial charge on any atom is -0.367 e. The number of benzene rings is 1. The Morgan fingerprint density at radius 1 is 1.19 bits per heavy atom. The van der Waals surface area contributed by atoms with Gasteiger partial charge < -0.3 is 20.0 Å². The van der Waals surface area contributed by atoms with Gasteiger partial charge in [-0.1, -0.05) is 30.7 Å². The van der Waals surface area contributed by atoms with E-state index in [-0.39, 0.29) is 24.0 Å². The summed E-state index contributed by atoms with van der Waals surface area (Å²) in [6, 6.07) is 8.11. The predicted molar refractivity (Wildman–Crippen MR) is 127 cm³/mol. The van der Waals surface area contributed by atoms with Crippen LogP contribution >= 0.6 is 35.6 Å². The van der Waals surface area contributed by atoms with Crippen LogP contribution in [-0.2, 0) is 0 Å². The van der Waals surface area contributed by atoms with Crippen molar-refractivity contribution in [3.8, 4) is 0 Å². The molecule has 1 N–H and O–H groups in total. The van der Waals surface area contributed by atoms with Crippen LogP contribution in [-0.4, -0.2) is 75.2 Å². The number of piperazine rings is 1. The van der Waals surface area contributed by atoms with E-state index in [1.165, 1.54) is 32.5 Å². The van der Waals surface area contributed by atoms with Crippen molar-refractivity contribution in [2.45, 2.75) is 19.8 Å². The topological polar surface area (TPSA) is 34.1 Å². The molecule has 3 rings (SSSR count). The number of hydrogen-bond acceptors (Lipinski definition) is 3. The van der Waals surface area contributed by atoms with Crippen LogP contribution in [0, 0.1) is 5.92 Å². The van der Waals surface area contributed by atoms with Gasteiger partial charge in [0, 0.05) is 46.3 Å². The summed E-state index contributed by atoms with van der Waals surface area (Å²) in [4.78, 5) is 11.8. The fourth-order valence-corrected chi connectivity index (χ4v) is 4.29. The quantitative estimate of drug-likeness (QED) is 0.378. The first-order valence-corrected chi connectivity index (χ1v) is 10.3. The lowest BCUT2D eigenvalue weighted by Crippen LogP contribution is -2.53. The SMILES string of the molecule is CCCN1CCC(CNC(=NC)N2CCN(c3ccccc3Cl)CC2)C1.I. The molecule has 5 nitrogen and oxygen atoms in total. The number of guanidine groups is 1. The highest BCUT2D eigenvalue weighted by Gasteiger charge is 2.24. The van der Waals surface area contributed by atoms with E-state index in [9.17, 15) is 0 Å². The average molecular weight is 506 g/mol. The number of hydrogen-bond donors (Lipinski definition) is 1. The second-order valence-corrected chi connectivity index (χ2v) is 7.72. The molecule has 0 radical (unpaired) electrons. The zero-order chi connectivity index (χ0) is 18.4. The minimum absolute atomic E-state index is 0. The molecule has 0 spiro atoms. The van der Waals surface area contributed by atoms with Crippen LogP contribution in [0.1, 0.15) is 19.8 Å². The first kappa shape index (κ1) is 22.6. The highest BCUT2D eigenvalue weighted by Crippen LogP contribution is 2.26. The Morgan fingerprint density at radius 2 is 1.93 bits per heavy atom. The lowest BCUT2D eigenvalue weighted by Gasteiger charge is -2.38. The standard InChI is InChI=1S/C20H32ClN5.HI/c1-3-9-24-10-8-17(16-24)15-23-20(22-2)26-13-11-25(12-14-26)19-7-5-4-6-18(19)21;/h4-7,17H,3,8-16H2,1-2H3,(H,22,23);1H. The van der Waals surface area contributed by atoms with Crippen LogP contribution in [0.3, 0.4) is 0 Å². The lowest BCUT2D eigenvalue weighted by atomic mass is 10.1. The van der Waals surface area contributed by atoms with Crippen LogP contribution in [0.2, 0.25) is 5.02 Å². The molecule has 2 saturated heterocycles. The Bertz CT molecular complexity index is 604. The first-order chi connectivity index (χ1) is 12.7. The number of halogens is 2. The van der Waals surface area contributed by atoms with Crippen LogP contribution in [0.5, 0.6) is 0 Å². The number of para-hydroxylation sites is 1. The molecule has 2 heterocycles. The average Bonchev–Trinajstić information content (AvgIpc) is 3.11.